The molecule has 0 radical (unpaired) electrons. The van der Waals surface area contributed by atoms with Crippen molar-refractivity contribution in [1.29, 1.82) is 0 Å². The Morgan fingerprint density at radius 1 is 0.837 bits per heavy atom. The van der Waals surface area contributed by atoms with Gasteiger partial charge in [-0.05, 0) is 73.4 Å². The maximum atomic E-state index is 14.4. The van der Waals surface area contributed by atoms with Gasteiger partial charge in [0.25, 0.3) is 10.0 Å². The Morgan fingerprint density at radius 3 is 2.12 bits per heavy atom. The van der Waals surface area contributed by atoms with E-state index in [-0.39, 0.29) is 23.8 Å². The number of benzene rings is 4. The third-order valence-electron chi connectivity index (χ3n) is 7.32. The fourth-order valence-electron chi connectivity index (χ4n) is 4.92. The highest BCUT2D eigenvalue weighted by Crippen LogP contribution is 2.29. The molecule has 1 N–H and O–H groups in total. The van der Waals surface area contributed by atoms with Crippen molar-refractivity contribution in [2.75, 3.05) is 17.4 Å². The van der Waals surface area contributed by atoms with Crippen molar-refractivity contribution in [3.8, 4) is 0 Å². The van der Waals surface area contributed by atoms with E-state index < -0.39 is 28.5 Å². The number of carbonyl (C=O) groups is 2. The first-order valence-electron chi connectivity index (χ1n) is 14.1. The Bertz CT molecular complexity index is 1660. The summed E-state index contributed by atoms with van der Waals surface area (Å²) in [6, 6.07) is 29.0. The minimum absolute atomic E-state index is 0.0556. The Kier molecular flexibility index (Phi) is 10.6. The summed E-state index contributed by atoms with van der Waals surface area (Å²) in [4.78, 5) is 29.5. The van der Waals surface area contributed by atoms with Gasteiger partial charge in [-0.15, -0.1) is 0 Å². The van der Waals surface area contributed by atoms with Crippen LogP contribution in [0.25, 0.3) is 0 Å². The van der Waals surface area contributed by atoms with Gasteiger partial charge in [-0.2, -0.15) is 0 Å². The second kappa shape index (κ2) is 14.4. The summed E-state index contributed by atoms with van der Waals surface area (Å²) in [6.45, 7) is 5.46. The monoisotopic (exact) mass is 617 g/mol. The minimum Gasteiger partial charge on any atom is -0.355 e. The molecule has 0 aliphatic heterocycles. The smallest absolute Gasteiger partial charge is 0.264 e. The molecule has 0 unspecified atom stereocenters. The molecule has 0 aliphatic carbocycles. The van der Waals surface area contributed by atoms with Gasteiger partial charge in [0, 0.05) is 24.5 Å². The summed E-state index contributed by atoms with van der Waals surface area (Å²) in [5.41, 5.74) is 3.61. The van der Waals surface area contributed by atoms with Crippen molar-refractivity contribution in [3.63, 3.8) is 0 Å². The number of likely N-dealkylation sites (N-methyl/N-ethyl adjacent to an activating group) is 1. The van der Waals surface area contributed by atoms with Gasteiger partial charge < -0.3 is 10.2 Å². The van der Waals surface area contributed by atoms with E-state index >= 15 is 0 Å². The number of halogens is 1. The summed E-state index contributed by atoms with van der Waals surface area (Å²) in [5.74, 6) is -0.849. The molecule has 4 aromatic carbocycles. The summed E-state index contributed by atoms with van der Waals surface area (Å²) < 4.78 is 29.4. The van der Waals surface area contributed by atoms with E-state index in [1.54, 1.807) is 48.5 Å². The predicted octanol–water partition coefficient (Wildman–Crippen LogP) is 5.93. The van der Waals surface area contributed by atoms with E-state index in [9.17, 15) is 18.0 Å². The van der Waals surface area contributed by atoms with Crippen LogP contribution in [0.3, 0.4) is 0 Å². The van der Waals surface area contributed by atoms with E-state index in [1.165, 1.54) is 17.0 Å². The normalized spacial score (nSPS) is 11.9. The third kappa shape index (κ3) is 7.83. The molecular formula is C34H36ClN3O4S. The Balaban J connectivity index is 1.82. The molecule has 2 amide bonds. The molecule has 43 heavy (non-hydrogen) atoms. The van der Waals surface area contributed by atoms with Crippen molar-refractivity contribution in [3.05, 3.63) is 130 Å². The number of nitrogens with one attached hydrogen (secondary N) is 1. The molecule has 7 nitrogen and oxygen atoms in total. The lowest BCUT2D eigenvalue weighted by Gasteiger charge is -2.34. The lowest BCUT2D eigenvalue weighted by molar-refractivity contribution is -0.140. The standard InChI is InChI=1S/C34H36ClN3O4S/c1-4-36-34(40)32(22-27-14-7-5-8-15-27)37(23-28-16-12-17-29(35)21-28)33(39)24-38(31-20-11-13-25(2)26(31)3)43(41,42)30-18-9-6-10-19-30/h5-21,32H,4,22-24H2,1-3H3,(H,36,40)/t32-/m1/s1. The highest BCUT2D eigenvalue weighted by atomic mass is 35.5. The van der Waals surface area contributed by atoms with Crippen LogP contribution in [0, 0.1) is 13.8 Å². The summed E-state index contributed by atoms with van der Waals surface area (Å²) in [5, 5.41) is 3.36. The molecule has 0 saturated carbocycles. The molecule has 4 aromatic rings. The fraction of sp³-hybridized carbons (Fsp3) is 0.235. The Morgan fingerprint density at radius 2 is 1.47 bits per heavy atom. The van der Waals surface area contributed by atoms with Crippen LogP contribution in [0.5, 0.6) is 0 Å². The third-order valence-corrected chi connectivity index (χ3v) is 9.33. The number of rotatable bonds is 12. The average Bonchev–Trinajstić information content (AvgIpc) is 3.00. The number of nitrogens with zero attached hydrogens (tertiary/aromatic N) is 2. The summed E-state index contributed by atoms with van der Waals surface area (Å²) in [6.07, 6.45) is 0.244. The number of aryl methyl sites for hydroxylation is 1. The molecule has 0 heterocycles. The van der Waals surface area contributed by atoms with Crippen LogP contribution in [0.1, 0.15) is 29.2 Å². The zero-order valence-electron chi connectivity index (χ0n) is 24.5. The van der Waals surface area contributed by atoms with Crippen molar-refractivity contribution in [1.82, 2.24) is 10.2 Å². The molecule has 0 saturated heterocycles. The minimum atomic E-state index is -4.15. The number of hydrogen-bond donors (Lipinski definition) is 1. The first-order chi connectivity index (χ1) is 20.6. The summed E-state index contributed by atoms with van der Waals surface area (Å²) in [7, 11) is -4.15. The first kappa shape index (κ1) is 31.8. The van der Waals surface area contributed by atoms with Crippen LogP contribution >= 0.6 is 11.6 Å². The highest BCUT2D eigenvalue weighted by Gasteiger charge is 2.35. The quantitative estimate of drug-likeness (QED) is 0.214. The second-order valence-electron chi connectivity index (χ2n) is 10.3. The largest absolute Gasteiger partial charge is 0.355 e. The van der Waals surface area contributed by atoms with Crippen molar-refractivity contribution < 1.29 is 18.0 Å². The molecule has 224 valence electrons. The van der Waals surface area contributed by atoms with Gasteiger partial charge in [0.1, 0.15) is 12.6 Å². The molecular weight excluding hydrogens is 582 g/mol. The molecule has 0 aliphatic rings. The zero-order valence-corrected chi connectivity index (χ0v) is 26.1. The maximum Gasteiger partial charge on any atom is 0.264 e. The Hall–Kier alpha value is -4.14. The Labute approximate surface area is 259 Å². The lowest BCUT2D eigenvalue weighted by atomic mass is 10.0. The van der Waals surface area contributed by atoms with Crippen molar-refractivity contribution >= 4 is 39.1 Å². The van der Waals surface area contributed by atoms with Crippen LogP contribution in [0.15, 0.2) is 108 Å². The zero-order chi connectivity index (χ0) is 31.0. The number of amides is 2. The second-order valence-corrected chi connectivity index (χ2v) is 12.6. The maximum absolute atomic E-state index is 14.4. The number of hydrogen-bond acceptors (Lipinski definition) is 4. The van der Waals surface area contributed by atoms with Crippen LogP contribution in [-0.4, -0.2) is 44.3 Å². The topological polar surface area (TPSA) is 86.8 Å². The van der Waals surface area contributed by atoms with Crippen molar-refractivity contribution in [2.45, 2.75) is 44.7 Å². The van der Waals surface area contributed by atoms with E-state index in [4.69, 9.17) is 11.6 Å². The molecule has 4 rings (SSSR count). The van der Waals surface area contributed by atoms with Crippen LogP contribution in [-0.2, 0) is 32.6 Å². The van der Waals surface area contributed by atoms with E-state index in [1.807, 2.05) is 63.2 Å². The van der Waals surface area contributed by atoms with Gasteiger partial charge in [-0.25, -0.2) is 8.42 Å². The van der Waals surface area contributed by atoms with Gasteiger partial charge in [0.05, 0.1) is 10.6 Å². The highest BCUT2D eigenvalue weighted by molar-refractivity contribution is 7.92. The van der Waals surface area contributed by atoms with Crippen LogP contribution in [0.2, 0.25) is 5.02 Å². The number of sulfonamides is 1. The van der Waals surface area contributed by atoms with Gasteiger partial charge in [-0.3, -0.25) is 13.9 Å². The molecule has 0 bridgehead atoms. The van der Waals surface area contributed by atoms with E-state index in [0.717, 1.165) is 21.0 Å². The van der Waals surface area contributed by atoms with Gasteiger partial charge in [0.15, 0.2) is 0 Å². The molecule has 0 spiro atoms. The summed E-state index contributed by atoms with van der Waals surface area (Å²) >= 11 is 6.28. The number of anilines is 1. The van der Waals surface area contributed by atoms with Crippen molar-refractivity contribution in [2.24, 2.45) is 0 Å². The van der Waals surface area contributed by atoms with E-state index in [2.05, 4.69) is 5.32 Å². The van der Waals surface area contributed by atoms with Crippen LogP contribution in [0.4, 0.5) is 5.69 Å². The molecule has 0 aromatic heterocycles. The number of carbonyl (C=O) groups excluding carboxylic acids is 2. The van der Waals surface area contributed by atoms with E-state index in [0.29, 0.717) is 22.8 Å². The van der Waals surface area contributed by atoms with Crippen LogP contribution < -0.4 is 9.62 Å². The molecule has 0 fully saturated rings. The molecule has 9 heteroatoms. The SMILES string of the molecule is CCNC(=O)[C@@H](Cc1ccccc1)N(Cc1cccc(Cl)c1)C(=O)CN(c1cccc(C)c1C)S(=O)(=O)c1ccccc1. The average molecular weight is 618 g/mol. The lowest BCUT2D eigenvalue weighted by Crippen LogP contribution is -2.53. The fourth-order valence-corrected chi connectivity index (χ4v) is 6.62. The van der Waals surface area contributed by atoms with Gasteiger partial charge in [-0.1, -0.05) is 84.4 Å². The first-order valence-corrected chi connectivity index (χ1v) is 15.9. The predicted molar refractivity (Wildman–Crippen MR) is 172 cm³/mol. The molecule has 1 atom stereocenters. The van der Waals surface area contributed by atoms with Gasteiger partial charge in [0.2, 0.25) is 11.8 Å². The van der Waals surface area contributed by atoms with Gasteiger partial charge >= 0.3 is 0 Å².